The second kappa shape index (κ2) is 9.64. The van der Waals surface area contributed by atoms with Gasteiger partial charge in [-0.1, -0.05) is 6.08 Å². The monoisotopic (exact) mass is 338 g/mol. The first kappa shape index (κ1) is 19.6. The van der Waals surface area contributed by atoms with Gasteiger partial charge in [-0.2, -0.15) is 0 Å². The van der Waals surface area contributed by atoms with Gasteiger partial charge in [-0.25, -0.2) is 4.79 Å². The van der Waals surface area contributed by atoms with E-state index in [-0.39, 0.29) is 24.3 Å². The van der Waals surface area contributed by atoms with Crippen LogP contribution in [0.4, 0.5) is 11.4 Å². The third-order valence-electron chi connectivity index (χ3n) is 3.42. The number of carboxylic acids is 1. The second-order valence-corrected chi connectivity index (χ2v) is 5.35. The summed E-state index contributed by atoms with van der Waals surface area (Å²) in [6.07, 6.45) is 0.916. The first-order valence-corrected chi connectivity index (χ1v) is 7.42. The Labute approximate surface area is 140 Å². The number of nitrogens with zero attached hydrogens (tertiary/aromatic N) is 2. The van der Waals surface area contributed by atoms with Gasteiger partial charge in [-0.15, -0.1) is 0 Å². The smallest absolute Gasteiger partial charge is 0.330 e. The van der Waals surface area contributed by atoms with Crippen molar-refractivity contribution in [3.63, 3.8) is 0 Å². The molecule has 0 spiro atoms. The van der Waals surface area contributed by atoms with Gasteiger partial charge in [0.1, 0.15) is 0 Å². The SMILES string of the molecule is C/C(=C\CC(O)COCCN(C)c1ccc([N+](=O)[O-])cc1)C(=O)O. The van der Waals surface area contributed by atoms with Gasteiger partial charge in [0.2, 0.25) is 0 Å². The number of aliphatic carboxylic acids is 1. The summed E-state index contributed by atoms with van der Waals surface area (Å²) in [5.74, 6) is -1.01. The minimum atomic E-state index is -1.01. The number of hydrogen-bond donors (Lipinski definition) is 2. The maximum atomic E-state index is 10.6. The van der Waals surface area contributed by atoms with E-state index in [4.69, 9.17) is 9.84 Å². The fourth-order valence-corrected chi connectivity index (χ4v) is 1.85. The van der Waals surface area contributed by atoms with Crippen molar-refractivity contribution in [2.45, 2.75) is 19.4 Å². The number of hydrogen-bond acceptors (Lipinski definition) is 6. The average Bonchev–Trinajstić information content (AvgIpc) is 2.56. The number of carbonyl (C=O) groups is 1. The van der Waals surface area contributed by atoms with Gasteiger partial charge in [-0.05, 0) is 25.5 Å². The molecule has 132 valence electrons. The summed E-state index contributed by atoms with van der Waals surface area (Å²) in [5, 5.41) is 29.0. The molecule has 24 heavy (non-hydrogen) atoms. The van der Waals surface area contributed by atoms with Crippen molar-refractivity contribution >= 4 is 17.3 Å². The lowest BCUT2D eigenvalue weighted by molar-refractivity contribution is -0.384. The van der Waals surface area contributed by atoms with Crippen LogP contribution in [-0.2, 0) is 9.53 Å². The van der Waals surface area contributed by atoms with Gasteiger partial charge in [0, 0.05) is 37.0 Å². The highest BCUT2D eigenvalue weighted by Crippen LogP contribution is 2.18. The van der Waals surface area contributed by atoms with Gasteiger partial charge >= 0.3 is 5.97 Å². The molecule has 0 radical (unpaired) electrons. The van der Waals surface area contributed by atoms with E-state index in [1.807, 2.05) is 11.9 Å². The number of aliphatic hydroxyl groups is 1. The zero-order valence-corrected chi connectivity index (χ0v) is 13.7. The minimum Gasteiger partial charge on any atom is -0.478 e. The fourth-order valence-electron chi connectivity index (χ4n) is 1.85. The van der Waals surface area contributed by atoms with Crippen LogP contribution in [0.5, 0.6) is 0 Å². The number of rotatable bonds is 10. The van der Waals surface area contributed by atoms with Crippen LogP contribution in [0.1, 0.15) is 13.3 Å². The Bertz CT molecular complexity index is 585. The van der Waals surface area contributed by atoms with Crippen LogP contribution in [0.15, 0.2) is 35.9 Å². The van der Waals surface area contributed by atoms with Crippen molar-refractivity contribution in [2.24, 2.45) is 0 Å². The molecule has 1 rings (SSSR count). The molecule has 0 aliphatic rings. The summed E-state index contributed by atoms with van der Waals surface area (Å²) in [6, 6.07) is 6.19. The molecule has 0 saturated carbocycles. The fraction of sp³-hybridized carbons (Fsp3) is 0.438. The van der Waals surface area contributed by atoms with Crippen molar-refractivity contribution in [1.82, 2.24) is 0 Å². The maximum absolute atomic E-state index is 10.6. The molecule has 0 amide bonds. The van der Waals surface area contributed by atoms with Gasteiger partial charge in [0.15, 0.2) is 0 Å². The number of nitro benzene ring substituents is 1. The number of nitro groups is 1. The molecule has 0 bridgehead atoms. The Kier molecular flexibility index (Phi) is 7.87. The van der Waals surface area contributed by atoms with E-state index >= 15 is 0 Å². The molecule has 1 aromatic carbocycles. The summed E-state index contributed by atoms with van der Waals surface area (Å²) in [5.41, 5.74) is 1.05. The predicted octanol–water partition coefficient (Wildman–Crippen LogP) is 1.83. The number of aliphatic hydroxyl groups excluding tert-OH is 1. The lowest BCUT2D eigenvalue weighted by atomic mass is 10.2. The number of anilines is 1. The van der Waals surface area contributed by atoms with Crippen molar-refractivity contribution in [3.05, 3.63) is 46.0 Å². The molecule has 1 atom stereocenters. The molecule has 0 saturated heterocycles. The normalized spacial score (nSPS) is 12.7. The highest BCUT2D eigenvalue weighted by atomic mass is 16.6. The van der Waals surface area contributed by atoms with Crippen LogP contribution in [0.25, 0.3) is 0 Å². The Hall–Kier alpha value is -2.45. The zero-order chi connectivity index (χ0) is 18.1. The number of carboxylic acid groups (broad SMARTS) is 1. The Morgan fingerprint density at radius 3 is 2.58 bits per heavy atom. The molecule has 8 nitrogen and oxygen atoms in total. The molecule has 0 heterocycles. The van der Waals surface area contributed by atoms with Crippen molar-refractivity contribution in [3.8, 4) is 0 Å². The van der Waals surface area contributed by atoms with E-state index < -0.39 is 17.0 Å². The lowest BCUT2D eigenvalue weighted by Crippen LogP contribution is -2.24. The topological polar surface area (TPSA) is 113 Å². The van der Waals surface area contributed by atoms with Crippen LogP contribution in [0, 0.1) is 10.1 Å². The quantitative estimate of drug-likeness (QED) is 0.289. The maximum Gasteiger partial charge on any atom is 0.330 e. The number of benzene rings is 1. The van der Waals surface area contributed by atoms with E-state index in [0.29, 0.717) is 13.2 Å². The first-order valence-electron chi connectivity index (χ1n) is 7.42. The summed E-state index contributed by atoms with van der Waals surface area (Å²) >= 11 is 0. The van der Waals surface area contributed by atoms with Crippen LogP contribution in [0.3, 0.4) is 0 Å². The van der Waals surface area contributed by atoms with Crippen LogP contribution in [-0.4, -0.2) is 54.0 Å². The summed E-state index contributed by atoms with van der Waals surface area (Å²) in [6.45, 7) is 2.49. The molecule has 8 heteroatoms. The Balaban J connectivity index is 2.30. The van der Waals surface area contributed by atoms with Crippen LogP contribution < -0.4 is 4.90 Å². The van der Waals surface area contributed by atoms with E-state index in [2.05, 4.69) is 0 Å². The number of non-ortho nitro benzene ring substituents is 1. The predicted molar refractivity (Wildman–Crippen MR) is 89.2 cm³/mol. The van der Waals surface area contributed by atoms with E-state index in [1.165, 1.54) is 25.1 Å². The van der Waals surface area contributed by atoms with Crippen molar-refractivity contribution in [2.75, 3.05) is 31.7 Å². The van der Waals surface area contributed by atoms with Crippen molar-refractivity contribution in [1.29, 1.82) is 0 Å². The standard InChI is InChI=1S/C16H22N2O6/c1-12(16(20)21)3-8-15(19)11-24-10-9-17(2)13-4-6-14(7-5-13)18(22)23/h3-7,15,19H,8-11H2,1-2H3,(H,20,21)/b12-3+. The molecule has 1 unspecified atom stereocenters. The second-order valence-electron chi connectivity index (χ2n) is 5.35. The summed E-state index contributed by atoms with van der Waals surface area (Å²) in [7, 11) is 1.83. The Morgan fingerprint density at radius 1 is 1.42 bits per heavy atom. The van der Waals surface area contributed by atoms with E-state index in [9.17, 15) is 20.0 Å². The third kappa shape index (κ3) is 6.76. The van der Waals surface area contributed by atoms with E-state index in [0.717, 1.165) is 5.69 Å². The molecule has 0 aromatic heterocycles. The molecular formula is C16H22N2O6. The third-order valence-corrected chi connectivity index (χ3v) is 3.42. The molecule has 0 aliphatic carbocycles. The van der Waals surface area contributed by atoms with Gasteiger partial charge in [0.05, 0.1) is 24.2 Å². The number of ether oxygens (including phenoxy) is 1. The van der Waals surface area contributed by atoms with Gasteiger partial charge < -0.3 is 19.8 Å². The molecular weight excluding hydrogens is 316 g/mol. The highest BCUT2D eigenvalue weighted by Gasteiger charge is 2.08. The van der Waals surface area contributed by atoms with Crippen LogP contribution >= 0.6 is 0 Å². The zero-order valence-electron chi connectivity index (χ0n) is 13.7. The lowest BCUT2D eigenvalue weighted by Gasteiger charge is -2.19. The largest absolute Gasteiger partial charge is 0.478 e. The van der Waals surface area contributed by atoms with Crippen molar-refractivity contribution < 1.29 is 24.7 Å². The molecule has 1 aromatic rings. The summed E-state index contributed by atoms with van der Waals surface area (Å²) in [4.78, 5) is 22.6. The van der Waals surface area contributed by atoms with Gasteiger partial charge in [0.25, 0.3) is 5.69 Å². The van der Waals surface area contributed by atoms with E-state index in [1.54, 1.807) is 12.1 Å². The average molecular weight is 338 g/mol. The van der Waals surface area contributed by atoms with Crippen LogP contribution in [0.2, 0.25) is 0 Å². The molecule has 0 aliphatic heterocycles. The minimum absolute atomic E-state index is 0.0382. The first-order chi connectivity index (χ1) is 11.3. The highest BCUT2D eigenvalue weighted by molar-refractivity contribution is 5.85. The number of likely N-dealkylation sites (N-methyl/N-ethyl adjacent to an activating group) is 1. The molecule has 0 fully saturated rings. The van der Waals surface area contributed by atoms with Gasteiger partial charge in [-0.3, -0.25) is 10.1 Å². The summed E-state index contributed by atoms with van der Waals surface area (Å²) < 4.78 is 5.37. The Morgan fingerprint density at radius 2 is 2.04 bits per heavy atom. The molecule has 2 N–H and O–H groups in total.